The van der Waals surface area contributed by atoms with Gasteiger partial charge in [-0.2, -0.15) is 0 Å². The molecule has 5 nitrogen and oxygen atoms in total. The largest absolute Gasteiger partial charge is 0.493 e. The van der Waals surface area contributed by atoms with Crippen LogP contribution in [-0.2, 0) is 4.74 Å². The van der Waals surface area contributed by atoms with Crippen molar-refractivity contribution in [2.45, 2.75) is 19.3 Å². The molecule has 2 aromatic rings. The SMILES string of the molecule is COCCOc1ccc(C(=O)/C=C/c2ccc(N3CCCCC3)cc2)cc1OC. The predicted octanol–water partition coefficient (Wildman–Crippen LogP) is 4.61. The lowest BCUT2D eigenvalue weighted by atomic mass is 10.1. The molecule has 0 spiro atoms. The van der Waals surface area contributed by atoms with E-state index in [0.717, 1.165) is 18.7 Å². The quantitative estimate of drug-likeness (QED) is 0.353. The summed E-state index contributed by atoms with van der Waals surface area (Å²) in [7, 11) is 3.18. The molecule has 1 fully saturated rings. The molecule has 0 radical (unpaired) electrons. The third kappa shape index (κ3) is 5.84. The number of ketones is 1. The van der Waals surface area contributed by atoms with Gasteiger partial charge in [0.05, 0.1) is 13.7 Å². The zero-order valence-electron chi connectivity index (χ0n) is 17.2. The van der Waals surface area contributed by atoms with Crippen LogP contribution in [0.3, 0.4) is 0 Å². The smallest absolute Gasteiger partial charge is 0.185 e. The van der Waals surface area contributed by atoms with Gasteiger partial charge in [-0.1, -0.05) is 18.2 Å². The molecule has 5 heteroatoms. The van der Waals surface area contributed by atoms with Gasteiger partial charge in [0.15, 0.2) is 17.3 Å². The van der Waals surface area contributed by atoms with E-state index in [2.05, 4.69) is 29.2 Å². The predicted molar refractivity (Wildman–Crippen MR) is 116 cm³/mol. The second kappa shape index (κ2) is 10.7. The van der Waals surface area contributed by atoms with Gasteiger partial charge in [0, 0.05) is 31.5 Å². The van der Waals surface area contributed by atoms with Crippen molar-refractivity contribution in [3.63, 3.8) is 0 Å². The van der Waals surface area contributed by atoms with Crippen molar-refractivity contribution in [2.24, 2.45) is 0 Å². The summed E-state index contributed by atoms with van der Waals surface area (Å²) in [4.78, 5) is 15.0. The molecule has 29 heavy (non-hydrogen) atoms. The number of ether oxygens (including phenoxy) is 3. The Morgan fingerprint density at radius 3 is 2.41 bits per heavy atom. The first-order valence-corrected chi connectivity index (χ1v) is 10.1. The van der Waals surface area contributed by atoms with Crippen molar-refractivity contribution in [2.75, 3.05) is 45.4 Å². The van der Waals surface area contributed by atoms with Gasteiger partial charge in [0.2, 0.25) is 0 Å². The van der Waals surface area contributed by atoms with Crippen LogP contribution >= 0.6 is 0 Å². The van der Waals surface area contributed by atoms with Crippen molar-refractivity contribution < 1.29 is 19.0 Å². The zero-order valence-corrected chi connectivity index (χ0v) is 17.2. The van der Waals surface area contributed by atoms with Gasteiger partial charge >= 0.3 is 0 Å². The molecule has 154 valence electrons. The van der Waals surface area contributed by atoms with E-state index < -0.39 is 0 Å². The molecule has 0 aliphatic carbocycles. The number of allylic oxidation sites excluding steroid dienone is 1. The lowest BCUT2D eigenvalue weighted by Gasteiger charge is -2.28. The molecule has 1 heterocycles. The normalized spacial score (nSPS) is 14.2. The van der Waals surface area contributed by atoms with Crippen LogP contribution in [-0.4, -0.2) is 46.3 Å². The Labute approximate surface area is 172 Å². The summed E-state index contributed by atoms with van der Waals surface area (Å²) in [5, 5.41) is 0. The first kappa shape index (κ1) is 20.9. The molecule has 3 rings (SSSR count). The summed E-state index contributed by atoms with van der Waals surface area (Å²) in [5.41, 5.74) is 2.81. The standard InChI is InChI=1S/C24H29NO4/c1-27-16-17-29-23-13-9-20(18-24(23)28-2)22(26)12-8-19-6-10-21(11-7-19)25-14-4-3-5-15-25/h6-13,18H,3-5,14-17H2,1-2H3/b12-8+. The van der Waals surface area contributed by atoms with Crippen LogP contribution in [0.4, 0.5) is 5.69 Å². The summed E-state index contributed by atoms with van der Waals surface area (Å²) in [6.45, 7) is 3.16. The molecular formula is C24H29NO4. The highest BCUT2D eigenvalue weighted by Gasteiger charge is 2.11. The molecule has 0 atom stereocenters. The third-order valence-electron chi connectivity index (χ3n) is 5.03. The van der Waals surface area contributed by atoms with E-state index in [1.165, 1.54) is 24.9 Å². The van der Waals surface area contributed by atoms with Crippen LogP contribution in [0.15, 0.2) is 48.5 Å². The minimum absolute atomic E-state index is 0.0770. The molecule has 0 aromatic heterocycles. The van der Waals surface area contributed by atoms with Crippen LogP contribution < -0.4 is 14.4 Å². The number of benzene rings is 2. The minimum atomic E-state index is -0.0770. The topological polar surface area (TPSA) is 48.0 Å². The molecule has 0 saturated carbocycles. The number of hydrogen-bond acceptors (Lipinski definition) is 5. The third-order valence-corrected chi connectivity index (χ3v) is 5.03. The van der Waals surface area contributed by atoms with Gasteiger partial charge in [-0.05, 0) is 61.2 Å². The first-order chi connectivity index (χ1) is 14.2. The molecule has 0 N–H and O–H groups in total. The Bertz CT molecular complexity index is 823. The summed E-state index contributed by atoms with van der Waals surface area (Å²) in [5.74, 6) is 1.05. The van der Waals surface area contributed by atoms with Crippen LogP contribution in [0.1, 0.15) is 35.2 Å². The second-order valence-corrected chi connectivity index (χ2v) is 7.04. The minimum Gasteiger partial charge on any atom is -0.493 e. The molecule has 0 bridgehead atoms. The first-order valence-electron chi connectivity index (χ1n) is 10.1. The van der Waals surface area contributed by atoms with Crippen molar-refractivity contribution >= 4 is 17.5 Å². The maximum absolute atomic E-state index is 12.6. The maximum atomic E-state index is 12.6. The van der Waals surface area contributed by atoms with E-state index in [0.29, 0.717) is 30.3 Å². The van der Waals surface area contributed by atoms with Crippen molar-refractivity contribution in [1.82, 2.24) is 0 Å². The number of hydrogen-bond donors (Lipinski definition) is 0. The number of anilines is 1. The number of carbonyl (C=O) groups is 1. The van der Waals surface area contributed by atoms with E-state index in [4.69, 9.17) is 14.2 Å². The molecule has 0 unspecified atom stereocenters. The maximum Gasteiger partial charge on any atom is 0.185 e. The second-order valence-electron chi connectivity index (χ2n) is 7.04. The average Bonchev–Trinajstić information content (AvgIpc) is 2.78. The Kier molecular flexibility index (Phi) is 7.70. The molecular weight excluding hydrogens is 366 g/mol. The number of nitrogens with zero attached hydrogens (tertiary/aromatic N) is 1. The van der Waals surface area contributed by atoms with E-state index >= 15 is 0 Å². The summed E-state index contributed by atoms with van der Waals surface area (Å²) in [6.07, 6.45) is 7.28. The lowest BCUT2D eigenvalue weighted by molar-refractivity contribution is 0.104. The molecule has 2 aromatic carbocycles. The lowest BCUT2D eigenvalue weighted by Crippen LogP contribution is -2.29. The molecule has 1 aliphatic heterocycles. The van der Waals surface area contributed by atoms with E-state index in [9.17, 15) is 4.79 Å². The number of carbonyl (C=O) groups excluding carboxylic acids is 1. The van der Waals surface area contributed by atoms with Gasteiger partial charge in [-0.15, -0.1) is 0 Å². The Morgan fingerprint density at radius 1 is 0.966 bits per heavy atom. The van der Waals surface area contributed by atoms with Crippen molar-refractivity contribution in [1.29, 1.82) is 0 Å². The van der Waals surface area contributed by atoms with Crippen molar-refractivity contribution in [3.05, 3.63) is 59.7 Å². The van der Waals surface area contributed by atoms with E-state index in [1.54, 1.807) is 38.5 Å². The summed E-state index contributed by atoms with van der Waals surface area (Å²) >= 11 is 0. The van der Waals surface area contributed by atoms with E-state index in [-0.39, 0.29) is 5.78 Å². The molecule has 1 saturated heterocycles. The highest BCUT2D eigenvalue weighted by Crippen LogP contribution is 2.28. The number of piperidine rings is 1. The number of methoxy groups -OCH3 is 2. The molecule has 1 aliphatic rings. The average molecular weight is 395 g/mol. The van der Waals surface area contributed by atoms with Crippen LogP contribution in [0.25, 0.3) is 6.08 Å². The van der Waals surface area contributed by atoms with Crippen LogP contribution in [0.2, 0.25) is 0 Å². The molecule has 0 amide bonds. The monoisotopic (exact) mass is 395 g/mol. The number of rotatable bonds is 9. The van der Waals surface area contributed by atoms with Crippen molar-refractivity contribution in [3.8, 4) is 11.5 Å². The van der Waals surface area contributed by atoms with Gasteiger partial charge in [-0.25, -0.2) is 0 Å². The summed E-state index contributed by atoms with van der Waals surface area (Å²) < 4.78 is 15.9. The van der Waals surface area contributed by atoms with E-state index in [1.807, 2.05) is 6.08 Å². The highest BCUT2D eigenvalue weighted by molar-refractivity contribution is 6.07. The van der Waals surface area contributed by atoms with Gasteiger partial charge < -0.3 is 19.1 Å². The van der Waals surface area contributed by atoms with Gasteiger partial charge in [-0.3, -0.25) is 4.79 Å². The highest BCUT2D eigenvalue weighted by atomic mass is 16.5. The Hall–Kier alpha value is -2.79. The van der Waals surface area contributed by atoms with Gasteiger partial charge in [0.25, 0.3) is 0 Å². The Morgan fingerprint density at radius 2 is 1.72 bits per heavy atom. The van der Waals surface area contributed by atoms with Gasteiger partial charge in [0.1, 0.15) is 6.61 Å². The zero-order chi connectivity index (χ0) is 20.5. The fraction of sp³-hybridized carbons (Fsp3) is 0.375. The fourth-order valence-corrected chi connectivity index (χ4v) is 3.39. The Balaban J connectivity index is 1.63. The van der Waals surface area contributed by atoms with Crippen LogP contribution in [0.5, 0.6) is 11.5 Å². The van der Waals surface area contributed by atoms with Crippen LogP contribution in [0, 0.1) is 0 Å². The fourth-order valence-electron chi connectivity index (χ4n) is 3.39. The summed E-state index contributed by atoms with van der Waals surface area (Å²) in [6, 6.07) is 13.6.